The molecule has 7 heteroatoms. The molecule has 3 aromatic rings. The number of aromatic nitrogens is 3. The normalized spacial score (nSPS) is 11.7. The molecule has 0 unspecified atom stereocenters. The summed E-state index contributed by atoms with van der Waals surface area (Å²) in [5, 5.41) is 7.37. The molecule has 114 valence electrons. The molecule has 2 aromatic heterocycles. The lowest BCUT2D eigenvalue weighted by Gasteiger charge is -2.06. The van der Waals surface area contributed by atoms with E-state index in [9.17, 15) is 8.42 Å². The number of aryl methyl sites for hydroxylation is 2. The van der Waals surface area contributed by atoms with E-state index in [1.54, 1.807) is 18.2 Å². The van der Waals surface area contributed by atoms with Crippen LogP contribution in [-0.4, -0.2) is 23.6 Å². The number of hydrogen-bond acceptors (Lipinski definition) is 4. The van der Waals surface area contributed by atoms with E-state index in [0.29, 0.717) is 11.0 Å². The van der Waals surface area contributed by atoms with E-state index in [0.717, 1.165) is 17.7 Å². The lowest BCUT2D eigenvalue weighted by atomic mass is 10.2. The molecular weight excluding hydrogens is 300 g/mol. The molecule has 6 nitrogen and oxygen atoms in total. The highest BCUT2D eigenvalue weighted by molar-refractivity contribution is 7.92. The summed E-state index contributed by atoms with van der Waals surface area (Å²) in [5.74, 6) is 0.252. The third-order valence-corrected chi connectivity index (χ3v) is 4.79. The van der Waals surface area contributed by atoms with Crippen molar-refractivity contribution < 1.29 is 8.42 Å². The minimum atomic E-state index is -3.67. The lowest BCUT2D eigenvalue weighted by Crippen LogP contribution is -2.13. The Kier molecular flexibility index (Phi) is 3.58. The summed E-state index contributed by atoms with van der Waals surface area (Å²) >= 11 is 0. The van der Waals surface area contributed by atoms with Crippen molar-refractivity contribution in [3.8, 4) is 0 Å². The number of H-pyrrole nitrogens is 1. The summed E-state index contributed by atoms with van der Waals surface area (Å²) in [4.78, 5) is 4.48. The fourth-order valence-electron chi connectivity index (χ4n) is 2.17. The average molecular weight is 316 g/mol. The topological polar surface area (TPSA) is 87.7 Å². The lowest BCUT2D eigenvalue weighted by molar-refractivity contribution is 0.601. The second-order valence-corrected chi connectivity index (χ2v) is 6.71. The highest BCUT2D eigenvalue weighted by Gasteiger charge is 2.17. The summed E-state index contributed by atoms with van der Waals surface area (Å²) in [7, 11) is -3.67. The van der Waals surface area contributed by atoms with Gasteiger partial charge in [0.2, 0.25) is 0 Å². The Labute approximate surface area is 128 Å². The summed E-state index contributed by atoms with van der Waals surface area (Å²) in [6, 6.07) is 10.4. The molecule has 0 saturated carbocycles. The van der Waals surface area contributed by atoms with Crippen molar-refractivity contribution in [2.24, 2.45) is 0 Å². The van der Waals surface area contributed by atoms with Gasteiger partial charge in [0.1, 0.15) is 0 Å². The SMILES string of the molecule is CCc1ccc(S(=O)(=O)Nc2n[nH]c3nc(C)ccc23)cc1. The Hall–Kier alpha value is -2.41. The summed E-state index contributed by atoms with van der Waals surface area (Å²) in [6.45, 7) is 3.88. The van der Waals surface area contributed by atoms with Crippen molar-refractivity contribution in [1.29, 1.82) is 0 Å². The zero-order valence-corrected chi connectivity index (χ0v) is 13.1. The number of hydrogen-bond donors (Lipinski definition) is 2. The van der Waals surface area contributed by atoms with Crippen molar-refractivity contribution in [2.75, 3.05) is 4.72 Å². The third kappa shape index (κ3) is 2.67. The molecule has 1 aromatic carbocycles. The Morgan fingerprint density at radius 3 is 2.55 bits per heavy atom. The largest absolute Gasteiger partial charge is 0.263 e. The van der Waals surface area contributed by atoms with Crippen LogP contribution < -0.4 is 4.72 Å². The molecule has 0 bridgehead atoms. The fraction of sp³-hybridized carbons (Fsp3) is 0.200. The summed E-state index contributed by atoms with van der Waals surface area (Å²) < 4.78 is 27.4. The van der Waals surface area contributed by atoms with E-state index in [2.05, 4.69) is 19.9 Å². The molecule has 0 spiro atoms. The summed E-state index contributed by atoms with van der Waals surface area (Å²) in [6.07, 6.45) is 0.864. The van der Waals surface area contributed by atoms with Gasteiger partial charge in [0.15, 0.2) is 11.5 Å². The molecular formula is C15H16N4O2S. The average Bonchev–Trinajstić information content (AvgIpc) is 2.89. The molecule has 0 saturated heterocycles. The zero-order chi connectivity index (χ0) is 15.7. The van der Waals surface area contributed by atoms with Crippen LogP contribution in [0.5, 0.6) is 0 Å². The smallest absolute Gasteiger partial charge is 0.261 e. The molecule has 22 heavy (non-hydrogen) atoms. The van der Waals surface area contributed by atoms with E-state index in [4.69, 9.17) is 0 Å². The van der Waals surface area contributed by atoms with Crippen molar-refractivity contribution >= 4 is 26.9 Å². The molecule has 0 aliphatic carbocycles. The molecule has 2 N–H and O–H groups in total. The molecule has 3 rings (SSSR count). The first-order valence-electron chi connectivity index (χ1n) is 6.93. The molecule has 0 fully saturated rings. The molecule has 0 aliphatic rings. The number of nitrogens with zero attached hydrogens (tertiary/aromatic N) is 2. The highest BCUT2D eigenvalue weighted by atomic mass is 32.2. The van der Waals surface area contributed by atoms with Gasteiger partial charge >= 0.3 is 0 Å². The van der Waals surface area contributed by atoms with Gasteiger partial charge in [0.05, 0.1) is 10.3 Å². The van der Waals surface area contributed by atoms with Crippen molar-refractivity contribution in [1.82, 2.24) is 15.2 Å². The fourth-order valence-corrected chi connectivity index (χ4v) is 3.19. The second-order valence-electron chi connectivity index (χ2n) is 5.02. The molecule has 2 heterocycles. The predicted octanol–water partition coefficient (Wildman–Crippen LogP) is 2.63. The van der Waals surface area contributed by atoms with E-state index < -0.39 is 10.0 Å². The Morgan fingerprint density at radius 2 is 1.86 bits per heavy atom. The predicted molar refractivity (Wildman–Crippen MR) is 85.3 cm³/mol. The molecule has 0 amide bonds. The van der Waals surface area contributed by atoms with Gasteiger partial charge in [-0.15, -0.1) is 0 Å². The first-order valence-corrected chi connectivity index (χ1v) is 8.41. The first kappa shape index (κ1) is 14.5. The van der Waals surface area contributed by atoms with Crippen LogP contribution in [0, 0.1) is 6.92 Å². The van der Waals surface area contributed by atoms with Gasteiger partial charge in [-0.25, -0.2) is 13.4 Å². The highest BCUT2D eigenvalue weighted by Crippen LogP contribution is 2.22. The maximum atomic E-state index is 12.4. The van der Waals surface area contributed by atoms with Gasteiger partial charge in [0.25, 0.3) is 10.0 Å². The van der Waals surface area contributed by atoms with E-state index in [1.807, 2.05) is 32.0 Å². The molecule has 0 radical (unpaired) electrons. The number of anilines is 1. The van der Waals surface area contributed by atoms with Crippen LogP contribution in [-0.2, 0) is 16.4 Å². The van der Waals surface area contributed by atoms with Crippen LogP contribution >= 0.6 is 0 Å². The van der Waals surface area contributed by atoms with Crippen LogP contribution in [0.3, 0.4) is 0 Å². The Bertz CT molecular complexity index is 914. The number of rotatable bonds is 4. The first-order chi connectivity index (χ1) is 10.5. The van der Waals surface area contributed by atoms with Gasteiger partial charge < -0.3 is 0 Å². The number of aromatic amines is 1. The van der Waals surface area contributed by atoms with E-state index in [-0.39, 0.29) is 10.7 Å². The van der Waals surface area contributed by atoms with Crippen molar-refractivity contribution in [3.63, 3.8) is 0 Å². The maximum absolute atomic E-state index is 12.4. The summed E-state index contributed by atoms with van der Waals surface area (Å²) in [5.41, 5.74) is 2.48. The number of benzene rings is 1. The van der Waals surface area contributed by atoms with Gasteiger partial charge in [-0.2, -0.15) is 5.10 Å². The second kappa shape index (κ2) is 5.42. The van der Waals surface area contributed by atoms with Crippen LogP contribution in [0.25, 0.3) is 11.0 Å². The number of sulfonamides is 1. The number of fused-ring (bicyclic) bond motifs is 1. The number of pyridine rings is 1. The Morgan fingerprint density at radius 1 is 1.14 bits per heavy atom. The van der Waals surface area contributed by atoms with Gasteiger partial charge in [-0.05, 0) is 43.2 Å². The minimum Gasteiger partial charge on any atom is -0.261 e. The van der Waals surface area contributed by atoms with Crippen LogP contribution in [0.15, 0.2) is 41.3 Å². The number of nitrogens with one attached hydrogen (secondary N) is 2. The zero-order valence-electron chi connectivity index (χ0n) is 12.3. The standard InChI is InChI=1S/C15H16N4O2S/c1-3-11-5-7-12(8-6-11)22(20,21)19-15-13-9-4-10(2)16-14(13)17-18-15/h4-9H,3H2,1-2H3,(H2,16,17,18,19). The van der Waals surface area contributed by atoms with E-state index in [1.165, 1.54) is 0 Å². The monoisotopic (exact) mass is 316 g/mol. The van der Waals surface area contributed by atoms with Crippen molar-refractivity contribution in [2.45, 2.75) is 25.2 Å². The van der Waals surface area contributed by atoms with Crippen LogP contribution in [0.1, 0.15) is 18.2 Å². The van der Waals surface area contributed by atoms with Crippen LogP contribution in [0.2, 0.25) is 0 Å². The van der Waals surface area contributed by atoms with Gasteiger partial charge in [-0.3, -0.25) is 9.82 Å². The quantitative estimate of drug-likeness (QED) is 0.774. The van der Waals surface area contributed by atoms with Crippen molar-refractivity contribution in [3.05, 3.63) is 47.7 Å². The van der Waals surface area contributed by atoms with Gasteiger partial charge in [-0.1, -0.05) is 19.1 Å². The molecule has 0 atom stereocenters. The van der Waals surface area contributed by atoms with E-state index >= 15 is 0 Å². The Balaban J connectivity index is 1.95. The maximum Gasteiger partial charge on any atom is 0.263 e. The third-order valence-electron chi connectivity index (χ3n) is 3.44. The van der Waals surface area contributed by atoms with Gasteiger partial charge in [0, 0.05) is 5.69 Å². The van der Waals surface area contributed by atoms with Crippen LogP contribution in [0.4, 0.5) is 5.82 Å². The molecule has 0 aliphatic heterocycles. The minimum absolute atomic E-state index is 0.209.